The molecule has 0 bridgehead atoms. The number of cyclic esters (lactones) is 1. The molecule has 29 heavy (non-hydrogen) atoms. The van der Waals surface area contributed by atoms with Gasteiger partial charge in [0.05, 0.1) is 41.9 Å². The van der Waals surface area contributed by atoms with Crippen molar-refractivity contribution in [3.63, 3.8) is 0 Å². The summed E-state index contributed by atoms with van der Waals surface area (Å²) in [6, 6.07) is 11.3. The van der Waals surface area contributed by atoms with Crippen molar-refractivity contribution in [3.05, 3.63) is 48.3 Å². The first-order valence-electron chi connectivity index (χ1n) is 9.09. The molecule has 1 fully saturated rings. The van der Waals surface area contributed by atoms with Crippen LogP contribution in [0.15, 0.2) is 42.5 Å². The summed E-state index contributed by atoms with van der Waals surface area (Å²) in [6.07, 6.45) is -0.314. The van der Waals surface area contributed by atoms with Gasteiger partial charge in [-0.25, -0.2) is 13.9 Å². The Morgan fingerprint density at radius 2 is 2.14 bits per heavy atom. The maximum Gasteiger partial charge on any atom is 0.414 e. The van der Waals surface area contributed by atoms with E-state index in [0.29, 0.717) is 28.8 Å². The molecule has 150 valence electrons. The summed E-state index contributed by atoms with van der Waals surface area (Å²) >= 11 is 0. The number of ether oxygens (including phenoxy) is 2. The minimum absolute atomic E-state index is 0.152. The molecule has 2 amide bonds. The van der Waals surface area contributed by atoms with E-state index in [1.807, 2.05) is 0 Å². The number of carbonyl (C=O) groups excluding carboxylic acids is 2. The third-order valence-corrected chi connectivity index (χ3v) is 4.58. The van der Waals surface area contributed by atoms with Gasteiger partial charge in [0, 0.05) is 7.11 Å². The average molecular weight is 398 g/mol. The van der Waals surface area contributed by atoms with Gasteiger partial charge in [0.15, 0.2) is 5.82 Å². The van der Waals surface area contributed by atoms with Gasteiger partial charge in [-0.15, -0.1) is 5.10 Å². The van der Waals surface area contributed by atoms with Crippen LogP contribution in [0.25, 0.3) is 16.6 Å². The van der Waals surface area contributed by atoms with Crippen molar-refractivity contribution in [2.45, 2.75) is 6.42 Å². The molecule has 0 radical (unpaired) electrons. The second kappa shape index (κ2) is 7.88. The molecule has 1 N–H and O–H groups in total. The highest BCUT2D eigenvalue weighted by Gasteiger charge is 2.28. The number of carbonyl (C=O) groups is 2. The lowest BCUT2D eigenvalue weighted by molar-refractivity contribution is -0.117. The summed E-state index contributed by atoms with van der Waals surface area (Å²) < 4.78 is 25.3. The van der Waals surface area contributed by atoms with Crippen LogP contribution in [0.1, 0.15) is 6.42 Å². The number of methoxy groups -OCH3 is 1. The normalized spacial score (nSPS) is 13.7. The van der Waals surface area contributed by atoms with Crippen molar-refractivity contribution in [2.75, 3.05) is 37.1 Å². The van der Waals surface area contributed by atoms with E-state index in [9.17, 15) is 14.0 Å². The van der Waals surface area contributed by atoms with Gasteiger partial charge < -0.3 is 14.8 Å². The van der Waals surface area contributed by atoms with Crippen molar-refractivity contribution < 1.29 is 23.5 Å². The Bertz CT molecular complexity index is 1080. The van der Waals surface area contributed by atoms with E-state index < -0.39 is 11.9 Å². The molecular weight excluding hydrogens is 379 g/mol. The zero-order valence-electron chi connectivity index (χ0n) is 15.7. The van der Waals surface area contributed by atoms with Crippen LogP contribution in [-0.4, -0.2) is 48.6 Å². The zero-order valence-corrected chi connectivity index (χ0v) is 15.7. The van der Waals surface area contributed by atoms with Crippen molar-refractivity contribution in [1.82, 2.24) is 9.78 Å². The van der Waals surface area contributed by atoms with Crippen molar-refractivity contribution in [3.8, 4) is 5.69 Å². The number of fused-ring (bicyclic) bond motifs is 1. The second-order valence-electron chi connectivity index (χ2n) is 6.47. The molecule has 1 saturated heterocycles. The highest BCUT2D eigenvalue weighted by molar-refractivity contribution is 6.10. The van der Waals surface area contributed by atoms with E-state index in [2.05, 4.69) is 10.4 Å². The fourth-order valence-corrected chi connectivity index (χ4v) is 3.27. The third-order valence-electron chi connectivity index (χ3n) is 4.58. The molecule has 2 aromatic carbocycles. The van der Waals surface area contributed by atoms with E-state index in [-0.39, 0.29) is 31.4 Å². The summed E-state index contributed by atoms with van der Waals surface area (Å²) in [5.74, 6) is -0.409. The van der Waals surface area contributed by atoms with Gasteiger partial charge in [0.25, 0.3) is 0 Å². The van der Waals surface area contributed by atoms with Crippen molar-refractivity contribution in [1.29, 1.82) is 0 Å². The Labute approximate surface area is 165 Å². The van der Waals surface area contributed by atoms with Crippen LogP contribution in [-0.2, 0) is 14.3 Å². The highest BCUT2D eigenvalue weighted by atomic mass is 19.1. The number of anilines is 2. The number of rotatable bonds is 6. The summed E-state index contributed by atoms with van der Waals surface area (Å²) in [6.45, 7) is 0.933. The number of halogens is 1. The largest absolute Gasteiger partial charge is 0.447 e. The predicted octanol–water partition coefficient (Wildman–Crippen LogP) is 3.10. The first-order chi connectivity index (χ1) is 14.1. The molecule has 0 spiro atoms. The monoisotopic (exact) mass is 398 g/mol. The molecule has 2 heterocycles. The van der Waals surface area contributed by atoms with E-state index in [4.69, 9.17) is 9.47 Å². The fourth-order valence-electron chi connectivity index (χ4n) is 3.27. The Morgan fingerprint density at radius 1 is 1.31 bits per heavy atom. The van der Waals surface area contributed by atoms with Crippen molar-refractivity contribution in [2.24, 2.45) is 0 Å². The highest BCUT2D eigenvalue weighted by Crippen LogP contribution is 2.35. The molecule has 8 nitrogen and oxygen atoms in total. The van der Waals surface area contributed by atoms with Crippen LogP contribution in [0.3, 0.4) is 0 Å². The minimum atomic E-state index is -0.465. The van der Waals surface area contributed by atoms with Gasteiger partial charge in [-0.3, -0.25) is 9.69 Å². The molecule has 0 saturated carbocycles. The standard InChI is InChI=1S/C20H19FN4O4/c1-28-10-8-17(26)22-19-18-15(24-9-11-29-20(24)27)6-3-7-16(18)25(23-19)14-5-2-4-13(21)12-14/h2-7,12H,8-11H2,1H3,(H,22,23,26). The zero-order chi connectivity index (χ0) is 20.4. The van der Waals surface area contributed by atoms with Gasteiger partial charge in [0.1, 0.15) is 12.4 Å². The minimum Gasteiger partial charge on any atom is -0.447 e. The van der Waals surface area contributed by atoms with E-state index in [0.717, 1.165) is 0 Å². The van der Waals surface area contributed by atoms with E-state index >= 15 is 0 Å². The Kier molecular flexibility index (Phi) is 5.13. The van der Waals surface area contributed by atoms with Gasteiger partial charge in [-0.2, -0.15) is 0 Å². The van der Waals surface area contributed by atoms with Crippen LogP contribution in [0.5, 0.6) is 0 Å². The van der Waals surface area contributed by atoms with Crippen LogP contribution in [0.4, 0.5) is 20.7 Å². The molecule has 0 unspecified atom stereocenters. The molecule has 1 aromatic heterocycles. The molecule has 0 atom stereocenters. The van der Waals surface area contributed by atoms with Gasteiger partial charge >= 0.3 is 6.09 Å². The van der Waals surface area contributed by atoms with Crippen LogP contribution >= 0.6 is 0 Å². The third kappa shape index (κ3) is 3.64. The van der Waals surface area contributed by atoms with Crippen molar-refractivity contribution >= 4 is 34.4 Å². The summed E-state index contributed by atoms with van der Waals surface area (Å²) in [4.78, 5) is 25.9. The molecule has 1 aliphatic heterocycles. The Hall–Kier alpha value is -3.46. The molecule has 4 rings (SSSR count). The number of hydrogen-bond acceptors (Lipinski definition) is 5. The van der Waals surface area contributed by atoms with Crippen LogP contribution in [0.2, 0.25) is 0 Å². The lowest BCUT2D eigenvalue weighted by atomic mass is 10.2. The first-order valence-corrected chi connectivity index (χ1v) is 9.09. The smallest absolute Gasteiger partial charge is 0.414 e. The van der Waals surface area contributed by atoms with Gasteiger partial charge in [-0.05, 0) is 30.3 Å². The number of hydrogen-bond donors (Lipinski definition) is 1. The number of benzene rings is 2. The summed E-state index contributed by atoms with van der Waals surface area (Å²) in [7, 11) is 1.51. The summed E-state index contributed by atoms with van der Waals surface area (Å²) in [5, 5.41) is 7.85. The summed E-state index contributed by atoms with van der Waals surface area (Å²) in [5.41, 5.74) is 1.68. The molecule has 9 heteroatoms. The van der Waals surface area contributed by atoms with Crippen LogP contribution in [0, 0.1) is 5.82 Å². The first kappa shape index (κ1) is 18.9. The number of aromatic nitrogens is 2. The fraction of sp³-hybridized carbons (Fsp3) is 0.250. The van der Waals surface area contributed by atoms with Gasteiger partial charge in [-0.1, -0.05) is 12.1 Å². The lowest BCUT2D eigenvalue weighted by Gasteiger charge is -2.14. The second-order valence-corrected chi connectivity index (χ2v) is 6.47. The number of amides is 2. The van der Waals surface area contributed by atoms with Gasteiger partial charge in [0.2, 0.25) is 5.91 Å². The molecule has 3 aromatic rings. The molecular formula is C20H19FN4O4. The van der Waals surface area contributed by atoms with E-state index in [1.54, 1.807) is 30.3 Å². The lowest BCUT2D eigenvalue weighted by Crippen LogP contribution is -2.23. The number of nitrogens with one attached hydrogen (secondary N) is 1. The Balaban J connectivity index is 1.87. The maximum atomic E-state index is 13.8. The molecule has 0 aliphatic carbocycles. The average Bonchev–Trinajstić information content (AvgIpc) is 3.30. The van der Waals surface area contributed by atoms with Crippen LogP contribution < -0.4 is 10.2 Å². The maximum absolute atomic E-state index is 13.8. The SMILES string of the molecule is COCCC(=O)Nc1nn(-c2cccc(F)c2)c2cccc(N3CCOC3=O)c12. The van der Waals surface area contributed by atoms with E-state index in [1.165, 1.54) is 28.8 Å². The quantitative estimate of drug-likeness (QED) is 0.690. The number of nitrogens with zero attached hydrogens (tertiary/aromatic N) is 3. The Morgan fingerprint density at radius 3 is 2.86 bits per heavy atom. The topological polar surface area (TPSA) is 85.7 Å². The predicted molar refractivity (Wildman–Crippen MR) is 105 cm³/mol. The molecule has 1 aliphatic rings.